The van der Waals surface area contributed by atoms with Gasteiger partial charge in [-0.1, -0.05) is 0 Å². The Morgan fingerprint density at radius 1 is 1.29 bits per heavy atom. The van der Waals surface area contributed by atoms with Crippen LogP contribution >= 0.6 is 11.6 Å². The van der Waals surface area contributed by atoms with E-state index in [0.29, 0.717) is 0 Å². The van der Waals surface area contributed by atoms with E-state index in [2.05, 4.69) is 6.42 Å². The van der Waals surface area contributed by atoms with Crippen LogP contribution in [0.4, 0.5) is 0 Å². The van der Waals surface area contributed by atoms with Crippen molar-refractivity contribution in [1.29, 1.82) is 0 Å². The van der Waals surface area contributed by atoms with E-state index in [9.17, 15) is 0 Å². The monoisotopic (exact) mass is 116 g/mol. The lowest BCUT2D eigenvalue weighted by Crippen LogP contribution is -1.95. The summed E-state index contributed by atoms with van der Waals surface area (Å²) in [5.74, 6) is 0. The quantitative estimate of drug-likeness (QED) is 0.456. The second-order valence-electron chi connectivity index (χ2n) is 1.88. The van der Waals surface area contributed by atoms with Gasteiger partial charge in [0.1, 0.15) is 0 Å². The predicted molar refractivity (Wildman–Crippen MR) is 31.9 cm³/mol. The third-order valence-electron chi connectivity index (χ3n) is 1.24. The molecule has 2 radical (unpaired) electrons. The summed E-state index contributed by atoms with van der Waals surface area (Å²) in [5, 5.41) is 1.16. The molecule has 40 valence electrons. The van der Waals surface area contributed by atoms with Crippen LogP contribution in [0.2, 0.25) is 0 Å². The summed E-state index contributed by atoms with van der Waals surface area (Å²) in [7, 11) is 0. The van der Waals surface area contributed by atoms with E-state index in [1.165, 1.54) is 12.8 Å². The normalized spacial score (nSPS) is 25.3. The Kier molecular flexibility index (Phi) is 1.99. The maximum atomic E-state index is 5.71. The van der Waals surface area contributed by atoms with E-state index in [-0.39, 0.29) is 0 Å². The zero-order valence-electron chi connectivity index (χ0n) is 4.28. The van der Waals surface area contributed by atoms with Crippen LogP contribution in [0, 0.1) is 11.8 Å². The SMILES string of the molecule is Cl[C]1CC[CH]CC1. The minimum atomic E-state index is 1.11. The van der Waals surface area contributed by atoms with Gasteiger partial charge < -0.3 is 0 Å². The van der Waals surface area contributed by atoms with Gasteiger partial charge in [-0.15, -0.1) is 11.6 Å². The van der Waals surface area contributed by atoms with Gasteiger partial charge in [0.25, 0.3) is 0 Å². The number of hydrogen-bond donors (Lipinski definition) is 0. The van der Waals surface area contributed by atoms with Crippen LogP contribution in [-0.2, 0) is 0 Å². The van der Waals surface area contributed by atoms with E-state index in [4.69, 9.17) is 11.6 Å². The molecule has 0 aromatic rings. The molecular formula is C6H9Cl. The van der Waals surface area contributed by atoms with Gasteiger partial charge in [0.05, 0.1) is 5.38 Å². The van der Waals surface area contributed by atoms with Gasteiger partial charge in [-0.3, -0.25) is 0 Å². The number of halogens is 1. The predicted octanol–water partition coefficient (Wildman–Crippen LogP) is 2.54. The average Bonchev–Trinajstić information content (AvgIpc) is 1.69. The Morgan fingerprint density at radius 3 is 2.14 bits per heavy atom. The smallest absolute Gasteiger partial charge is 0.0638 e. The fourth-order valence-electron chi connectivity index (χ4n) is 0.787. The minimum Gasteiger partial charge on any atom is -0.117 e. The first-order valence-corrected chi connectivity index (χ1v) is 3.09. The second kappa shape index (κ2) is 2.56. The van der Waals surface area contributed by atoms with Crippen LogP contribution in [0.3, 0.4) is 0 Å². The van der Waals surface area contributed by atoms with Crippen molar-refractivity contribution in [2.45, 2.75) is 25.7 Å². The molecule has 1 fully saturated rings. The first-order chi connectivity index (χ1) is 3.39. The van der Waals surface area contributed by atoms with E-state index >= 15 is 0 Å². The highest BCUT2D eigenvalue weighted by molar-refractivity contribution is 6.26. The Balaban J connectivity index is 2.12. The van der Waals surface area contributed by atoms with E-state index in [1.54, 1.807) is 0 Å². The van der Waals surface area contributed by atoms with Gasteiger partial charge in [-0.05, 0) is 32.1 Å². The van der Waals surface area contributed by atoms with Gasteiger partial charge in [-0.2, -0.15) is 0 Å². The fourth-order valence-corrected chi connectivity index (χ4v) is 1.00. The zero-order valence-corrected chi connectivity index (χ0v) is 5.04. The van der Waals surface area contributed by atoms with Crippen LogP contribution in [0.1, 0.15) is 25.7 Å². The maximum absolute atomic E-state index is 5.71. The summed E-state index contributed by atoms with van der Waals surface area (Å²) in [6, 6.07) is 0. The van der Waals surface area contributed by atoms with Crippen molar-refractivity contribution in [3.63, 3.8) is 0 Å². The molecule has 0 spiro atoms. The Morgan fingerprint density at radius 2 is 1.86 bits per heavy atom. The summed E-state index contributed by atoms with van der Waals surface area (Å²) in [5.41, 5.74) is 0. The van der Waals surface area contributed by atoms with Crippen molar-refractivity contribution in [2.75, 3.05) is 0 Å². The Hall–Kier alpha value is 0.290. The summed E-state index contributed by atoms with van der Waals surface area (Å²) >= 11 is 5.71. The van der Waals surface area contributed by atoms with Gasteiger partial charge in [0.2, 0.25) is 0 Å². The van der Waals surface area contributed by atoms with E-state index in [1.807, 2.05) is 0 Å². The summed E-state index contributed by atoms with van der Waals surface area (Å²) in [4.78, 5) is 0. The van der Waals surface area contributed by atoms with E-state index in [0.717, 1.165) is 18.2 Å². The molecule has 0 N–H and O–H groups in total. The zero-order chi connectivity index (χ0) is 5.11. The van der Waals surface area contributed by atoms with Crippen molar-refractivity contribution in [1.82, 2.24) is 0 Å². The average molecular weight is 117 g/mol. The van der Waals surface area contributed by atoms with Crippen LogP contribution < -0.4 is 0 Å². The van der Waals surface area contributed by atoms with Crippen molar-refractivity contribution in [2.24, 2.45) is 0 Å². The lowest BCUT2D eigenvalue weighted by atomic mass is 10.0. The van der Waals surface area contributed by atoms with Gasteiger partial charge in [0.15, 0.2) is 0 Å². The molecule has 0 heterocycles. The summed E-state index contributed by atoms with van der Waals surface area (Å²) < 4.78 is 0. The fraction of sp³-hybridized carbons (Fsp3) is 0.667. The standard InChI is InChI=1S/C6H9Cl/c7-6-4-2-1-3-5-6/h1H,2-5H2. The molecule has 0 saturated heterocycles. The molecule has 0 nitrogen and oxygen atoms in total. The minimum absolute atomic E-state index is 1.11. The van der Waals surface area contributed by atoms with Gasteiger partial charge >= 0.3 is 0 Å². The Labute approximate surface area is 49.9 Å². The van der Waals surface area contributed by atoms with Gasteiger partial charge in [0, 0.05) is 0 Å². The molecule has 1 aliphatic rings. The van der Waals surface area contributed by atoms with Crippen molar-refractivity contribution >= 4 is 11.6 Å². The molecule has 0 bridgehead atoms. The third-order valence-corrected chi connectivity index (χ3v) is 1.62. The van der Waals surface area contributed by atoms with Crippen LogP contribution in [0.5, 0.6) is 0 Å². The van der Waals surface area contributed by atoms with E-state index < -0.39 is 0 Å². The first kappa shape index (κ1) is 5.43. The molecule has 1 rings (SSSR count). The molecule has 0 aliphatic heterocycles. The van der Waals surface area contributed by atoms with Crippen molar-refractivity contribution < 1.29 is 0 Å². The molecule has 7 heavy (non-hydrogen) atoms. The maximum Gasteiger partial charge on any atom is 0.0638 e. The molecular weight excluding hydrogens is 108 g/mol. The number of rotatable bonds is 0. The first-order valence-electron chi connectivity index (χ1n) is 2.71. The highest BCUT2D eigenvalue weighted by Gasteiger charge is 2.09. The summed E-state index contributed by atoms with van der Waals surface area (Å²) in [6.45, 7) is 0. The van der Waals surface area contributed by atoms with Crippen molar-refractivity contribution in [3.8, 4) is 0 Å². The Bertz CT molecular complexity index is 46.1. The third kappa shape index (κ3) is 1.68. The van der Waals surface area contributed by atoms with Gasteiger partial charge in [-0.25, -0.2) is 0 Å². The largest absolute Gasteiger partial charge is 0.117 e. The van der Waals surface area contributed by atoms with Crippen LogP contribution in [-0.4, -0.2) is 0 Å². The molecule has 1 heteroatoms. The second-order valence-corrected chi connectivity index (χ2v) is 2.42. The molecule has 0 atom stereocenters. The van der Waals surface area contributed by atoms with Crippen molar-refractivity contribution in [3.05, 3.63) is 11.8 Å². The lowest BCUT2D eigenvalue weighted by molar-refractivity contribution is 0.689. The molecule has 0 amide bonds. The topological polar surface area (TPSA) is 0 Å². The molecule has 1 aliphatic carbocycles. The molecule has 0 unspecified atom stereocenters. The molecule has 0 aromatic carbocycles. The lowest BCUT2D eigenvalue weighted by Gasteiger charge is -2.12. The van der Waals surface area contributed by atoms with Crippen LogP contribution in [0.15, 0.2) is 0 Å². The summed E-state index contributed by atoms with van der Waals surface area (Å²) in [6.07, 6.45) is 6.91. The molecule has 1 saturated carbocycles. The highest BCUT2D eigenvalue weighted by atomic mass is 35.5. The van der Waals surface area contributed by atoms with Crippen LogP contribution in [0.25, 0.3) is 0 Å². The highest BCUT2D eigenvalue weighted by Crippen LogP contribution is 2.27. The molecule has 0 aromatic heterocycles. The number of hydrogen-bond acceptors (Lipinski definition) is 0.